The molecule has 1 aromatic heterocycles. The molecule has 0 aliphatic rings. The molecule has 1 rings (SSSR count). The number of nitrogens with zero attached hydrogens (tertiary/aromatic N) is 2. The van der Waals surface area contributed by atoms with E-state index in [0.717, 1.165) is 0 Å². The molecule has 1 heterocycles. The Morgan fingerprint density at radius 2 is 2.00 bits per heavy atom. The second kappa shape index (κ2) is 5.37. The number of halogens is 1. The highest BCUT2D eigenvalue weighted by Crippen LogP contribution is 2.24. The monoisotopic (exact) mass is 280 g/mol. The summed E-state index contributed by atoms with van der Waals surface area (Å²) in [6.45, 7) is 7.09. The molecule has 0 aliphatic heterocycles. The van der Waals surface area contributed by atoms with Crippen molar-refractivity contribution < 1.29 is 12.9 Å². The average molecular weight is 281 g/mol. The molecular formula is C10H17ClN2O3S. The van der Waals surface area contributed by atoms with Gasteiger partial charge in [0.25, 0.3) is 0 Å². The summed E-state index contributed by atoms with van der Waals surface area (Å²) in [5, 5.41) is 3.67. The van der Waals surface area contributed by atoms with E-state index in [-0.39, 0.29) is 23.4 Å². The Labute approximate surface area is 107 Å². The largest absolute Gasteiger partial charge is 0.360 e. The molecule has 0 saturated heterocycles. The number of hydrogen-bond acceptors (Lipinski definition) is 4. The lowest BCUT2D eigenvalue weighted by atomic mass is 10.4. The molecule has 1 aromatic rings. The summed E-state index contributed by atoms with van der Waals surface area (Å²) >= 11 is 5.64. The van der Waals surface area contributed by atoms with Crippen LogP contribution in [0.2, 0.25) is 0 Å². The van der Waals surface area contributed by atoms with Crippen LogP contribution < -0.4 is 0 Å². The van der Waals surface area contributed by atoms with Gasteiger partial charge in [-0.25, -0.2) is 8.42 Å². The quantitative estimate of drug-likeness (QED) is 0.773. The average Bonchev–Trinajstić information content (AvgIpc) is 2.54. The summed E-state index contributed by atoms with van der Waals surface area (Å²) in [4.78, 5) is 0.149. The summed E-state index contributed by atoms with van der Waals surface area (Å²) in [6, 6.07) is -0.160. The second-order valence-electron chi connectivity index (χ2n) is 4.05. The van der Waals surface area contributed by atoms with Crippen LogP contribution in [0.1, 0.15) is 25.3 Å². The Hall–Kier alpha value is -0.590. The summed E-state index contributed by atoms with van der Waals surface area (Å²) in [5.74, 6) is 0.559. The van der Waals surface area contributed by atoms with Crippen LogP contribution in [0.4, 0.5) is 0 Å². The fourth-order valence-electron chi connectivity index (χ4n) is 1.70. The third-order valence-electron chi connectivity index (χ3n) is 2.42. The van der Waals surface area contributed by atoms with Crippen LogP contribution in [0.3, 0.4) is 0 Å². The number of alkyl halides is 1. The van der Waals surface area contributed by atoms with E-state index in [2.05, 4.69) is 5.16 Å². The standard InChI is InChI=1S/C10H17ClN2O3S/c1-7(2)13(6-5-11)17(14,15)10-8(3)12-16-9(10)4/h7H,5-6H2,1-4H3. The highest BCUT2D eigenvalue weighted by molar-refractivity contribution is 7.89. The molecule has 0 atom stereocenters. The van der Waals surface area contributed by atoms with Crippen molar-refractivity contribution in [3.63, 3.8) is 0 Å². The van der Waals surface area contributed by atoms with E-state index in [9.17, 15) is 8.42 Å². The molecule has 0 bridgehead atoms. The van der Waals surface area contributed by atoms with Crippen molar-refractivity contribution in [2.24, 2.45) is 0 Å². The zero-order valence-corrected chi connectivity index (χ0v) is 12.0. The summed E-state index contributed by atoms with van der Waals surface area (Å²) in [6.07, 6.45) is 0. The highest BCUT2D eigenvalue weighted by atomic mass is 35.5. The summed E-state index contributed by atoms with van der Waals surface area (Å²) in [7, 11) is -3.59. The molecule has 7 heteroatoms. The lowest BCUT2D eigenvalue weighted by molar-refractivity contribution is 0.367. The summed E-state index contributed by atoms with van der Waals surface area (Å²) < 4.78 is 31.1. The van der Waals surface area contributed by atoms with Crippen LogP contribution in [-0.4, -0.2) is 36.3 Å². The van der Waals surface area contributed by atoms with Crippen molar-refractivity contribution in [2.45, 2.75) is 38.6 Å². The normalized spacial score (nSPS) is 12.6. The van der Waals surface area contributed by atoms with Gasteiger partial charge in [-0.2, -0.15) is 4.31 Å². The maximum atomic E-state index is 12.4. The van der Waals surface area contributed by atoms with Gasteiger partial charge in [-0.3, -0.25) is 0 Å². The Bertz CT molecular complexity index is 462. The highest BCUT2D eigenvalue weighted by Gasteiger charge is 2.32. The van der Waals surface area contributed by atoms with Gasteiger partial charge >= 0.3 is 0 Å². The first-order chi connectivity index (χ1) is 7.82. The second-order valence-corrected chi connectivity index (χ2v) is 6.26. The zero-order valence-electron chi connectivity index (χ0n) is 10.4. The Balaban J connectivity index is 3.26. The molecule has 0 N–H and O–H groups in total. The first kappa shape index (κ1) is 14.5. The molecule has 0 spiro atoms. The Kier molecular flexibility index (Phi) is 4.57. The predicted molar refractivity (Wildman–Crippen MR) is 65.7 cm³/mol. The summed E-state index contributed by atoms with van der Waals surface area (Å²) in [5.41, 5.74) is 0.378. The van der Waals surface area contributed by atoms with Gasteiger partial charge in [0.1, 0.15) is 10.6 Å². The topological polar surface area (TPSA) is 63.4 Å². The zero-order chi connectivity index (χ0) is 13.2. The van der Waals surface area contributed by atoms with Gasteiger partial charge in [-0.1, -0.05) is 5.16 Å². The van der Waals surface area contributed by atoms with Crippen molar-refractivity contribution in [2.75, 3.05) is 12.4 Å². The maximum absolute atomic E-state index is 12.4. The molecule has 98 valence electrons. The first-order valence-corrected chi connectivity index (χ1v) is 7.30. The van der Waals surface area contributed by atoms with Crippen LogP contribution in [0.25, 0.3) is 0 Å². The smallest absolute Gasteiger partial charge is 0.248 e. The number of sulfonamides is 1. The van der Waals surface area contributed by atoms with Crippen LogP contribution in [0.15, 0.2) is 9.42 Å². The van der Waals surface area contributed by atoms with Gasteiger partial charge in [-0.05, 0) is 27.7 Å². The Morgan fingerprint density at radius 1 is 1.41 bits per heavy atom. The van der Waals surface area contributed by atoms with E-state index in [0.29, 0.717) is 11.5 Å². The molecule has 0 saturated carbocycles. The molecule has 0 unspecified atom stereocenters. The molecule has 0 aromatic carbocycles. The van der Waals surface area contributed by atoms with E-state index in [4.69, 9.17) is 16.1 Å². The van der Waals surface area contributed by atoms with Crippen LogP contribution >= 0.6 is 11.6 Å². The van der Waals surface area contributed by atoms with E-state index in [1.165, 1.54) is 4.31 Å². The van der Waals surface area contributed by atoms with E-state index in [1.807, 2.05) is 13.8 Å². The van der Waals surface area contributed by atoms with E-state index in [1.54, 1.807) is 13.8 Å². The van der Waals surface area contributed by atoms with Gasteiger partial charge in [0.2, 0.25) is 10.0 Å². The number of hydrogen-bond donors (Lipinski definition) is 0. The van der Waals surface area contributed by atoms with Crippen molar-refractivity contribution >= 4 is 21.6 Å². The number of aryl methyl sites for hydroxylation is 2. The van der Waals surface area contributed by atoms with Crippen molar-refractivity contribution in [1.29, 1.82) is 0 Å². The molecular weight excluding hydrogens is 264 g/mol. The molecule has 0 aliphatic carbocycles. The predicted octanol–water partition coefficient (Wildman–Crippen LogP) is 1.93. The third-order valence-corrected chi connectivity index (χ3v) is 4.90. The van der Waals surface area contributed by atoms with Gasteiger partial charge in [0, 0.05) is 18.5 Å². The minimum Gasteiger partial charge on any atom is -0.360 e. The SMILES string of the molecule is Cc1noc(C)c1S(=O)(=O)N(CCCl)C(C)C. The van der Waals surface area contributed by atoms with Crippen LogP contribution in [0, 0.1) is 13.8 Å². The molecule has 0 radical (unpaired) electrons. The molecule has 17 heavy (non-hydrogen) atoms. The van der Waals surface area contributed by atoms with Gasteiger partial charge < -0.3 is 4.52 Å². The molecule has 0 amide bonds. The first-order valence-electron chi connectivity index (χ1n) is 5.33. The number of aromatic nitrogens is 1. The van der Waals surface area contributed by atoms with Gasteiger partial charge in [0.15, 0.2) is 5.76 Å². The fraction of sp³-hybridized carbons (Fsp3) is 0.700. The third kappa shape index (κ3) is 2.81. The minimum absolute atomic E-state index is 0.149. The Morgan fingerprint density at radius 3 is 2.35 bits per heavy atom. The van der Waals surface area contributed by atoms with Crippen LogP contribution in [0.5, 0.6) is 0 Å². The fourth-order valence-corrected chi connectivity index (χ4v) is 3.91. The van der Waals surface area contributed by atoms with Gasteiger partial charge in [0.05, 0.1) is 0 Å². The van der Waals surface area contributed by atoms with Crippen molar-refractivity contribution in [3.05, 3.63) is 11.5 Å². The van der Waals surface area contributed by atoms with Crippen LogP contribution in [-0.2, 0) is 10.0 Å². The molecule has 0 fully saturated rings. The minimum atomic E-state index is -3.59. The van der Waals surface area contributed by atoms with Crippen molar-refractivity contribution in [3.8, 4) is 0 Å². The molecule has 5 nitrogen and oxygen atoms in total. The van der Waals surface area contributed by atoms with Crippen molar-refractivity contribution in [1.82, 2.24) is 9.46 Å². The lowest BCUT2D eigenvalue weighted by Crippen LogP contribution is -2.38. The van der Waals surface area contributed by atoms with Gasteiger partial charge in [-0.15, -0.1) is 11.6 Å². The number of rotatable bonds is 5. The van der Waals surface area contributed by atoms with E-state index >= 15 is 0 Å². The van der Waals surface area contributed by atoms with E-state index < -0.39 is 10.0 Å². The maximum Gasteiger partial charge on any atom is 0.248 e. The lowest BCUT2D eigenvalue weighted by Gasteiger charge is -2.24.